The molecule has 2 nitrogen and oxygen atoms in total. The van der Waals surface area contributed by atoms with Crippen LogP contribution in [0.3, 0.4) is 0 Å². The van der Waals surface area contributed by atoms with Crippen molar-refractivity contribution in [2.45, 2.75) is 72.1 Å². The second-order valence-electron chi connectivity index (χ2n) is 7.94. The molecule has 1 saturated carbocycles. The summed E-state index contributed by atoms with van der Waals surface area (Å²) in [7, 11) is 0. The van der Waals surface area contributed by atoms with E-state index in [0.29, 0.717) is 12.5 Å². The molecule has 0 bridgehead atoms. The van der Waals surface area contributed by atoms with Crippen molar-refractivity contribution in [1.29, 1.82) is 0 Å². The lowest BCUT2D eigenvalue weighted by atomic mass is 9.67. The van der Waals surface area contributed by atoms with Gasteiger partial charge < -0.3 is 5.73 Å². The molecule has 0 aromatic heterocycles. The number of hydrogen-bond donors (Lipinski definition) is 1. The van der Waals surface area contributed by atoms with Crippen molar-refractivity contribution in [3.63, 3.8) is 0 Å². The van der Waals surface area contributed by atoms with Gasteiger partial charge in [-0.05, 0) is 50.4 Å². The van der Waals surface area contributed by atoms with E-state index in [2.05, 4.69) is 20.8 Å². The first-order chi connectivity index (χ1) is 9.40. The molecule has 0 aliphatic heterocycles. The summed E-state index contributed by atoms with van der Waals surface area (Å²) in [4.78, 5) is 1.52. The Balaban J connectivity index is 2.72. The molecular formula is C16H31F3N2. The Hall–Kier alpha value is -0.290. The van der Waals surface area contributed by atoms with Gasteiger partial charge in [0, 0.05) is 18.6 Å². The highest BCUT2D eigenvalue weighted by atomic mass is 19.4. The van der Waals surface area contributed by atoms with E-state index in [0.717, 1.165) is 19.3 Å². The van der Waals surface area contributed by atoms with Crippen LogP contribution >= 0.6 is 0 Å². The van der Waals surface area contributed by atoms with Crippen LogP contribution in [0.5, 0.6) is 0 Å². The van der Waals surface area contributed by atoms with Crippen LogP contribution in [0.4, 0.5) is 13.2 Å². The van der Waals surface area contributed by atoms with Crippen LogP contribution < -0.4 is 5.73 Å². The Morgan fingerprint density at radius 3 is 2.14 bits per heavy atom. The molecule has 3 unspecified atom stereocenters. The lowest BCUT2D eigenvalue weighted by Crippen LogP contribution is -2.48. The average Bonchev–Trinajstić information content (AvgIpc) is 2.27. The molecule has 1 rings (SSSR count). The molecule has 21 heavy (non-hydrogen) atoms. The van der Waals surface area contributed by atoms with Crippen LogP contribution in [0.15, 0.2) is 0 Å². The second kappa shape index (κ2) is 6.86. The molecule has 0 aromatic rings. The van der Waals surface area contributed by atoms with Crippen LogP contribution in [-0.2, 0) is 0 Å². The summed E-state index contributed by atoms with van der Waals surface area (Å²) in [6, 6.07) is -0.0908. The summed E-state index contributed by atoms with van der Waals surface area (Å²) in [5.74, 6) is 0.704. The summed E-state index contributed by atoms with van der Waals surface area (Å²) in [5.41, 5.74) is 6.39. The molecule has 1 aliphatic carbocycles. The summed E-state index contributed by atoms with van der Waals surface area (Å²) in [6.07, 6.45) is -1.20. The molecule has 0 heterocycles. The Labute approximate surface area is 127 Å². The maximum Gasteiger partial charge on any atom is 0.401 e. The fourth-order valence-electron chi connectivity index (χ4n) is 3.27. The van der Waals surface area contributed by atoms with Crippen molar-refractivity contribution in [3.05, 3.63) is 0 Å². The molecule has 2 N–H and O–H groups in total. The van der Waals surface area contributed by atoms with E-state index in [-0.39, 0.29) is 23.4 Å². The molecule has 0 saturated heterocycles. The maximum atomic E-state index is 12.7. The fourth-order valence-corrected chi connectivity index (χ4v) is 3.27. The third-order valence-electron chi connectivity index (χ3n) is 4.85. The highest BCUT2D eigenvalue weighted by Gasteiger charge is 2.38. The topological polar surface area (TPSA) is 29.3 Å². The summed E-state index contributed by atoms with van der Waals surface area (Å²) >= 11 is 0. The Morgan fingerprint density at radius 1 is 1.14 bits per heavy atom. The summed E-state index contributed by atoms with van der Waals surface area (Å²) in [5, 5.41) is 0. The highest BCUT2D eigenvalue weighted by Crippen LogP contribution is 2.40. The predicted molar refractivity (Wildman–Crippen MR) is 81.0 cm³/mol. The maximum absolute atomic E-state index is 12.7. The highest BCUT2D eigenvalue weighted by molar-refractivity contribution is 4.89. The number of rotatable bonds is 4. The van der Waals surface area contributed by atoms with E-state index < -0.39 is 12.7 Å². The van der Waals surface area contributed by atoms with Crippen molar-refractivity contribution in [1.82, 2.24) is 4.90 Å². The van der Waals surface area contributed by atoms with Crippen molar-refractivity contribution in [2.24, 2.45) is 23.0 Å². The summed E-state index contributed by atoms with van der Waals surface area (Å²) in [6.45, 7) is 9.88. The van der Waals surface area contributed by atoms with Crippen molar-refractivity contribution < 1.29 is 13.2 Å². The molecule has 1 aliphatic rings. The van der Waals surface area contributed by atoms with E-state index in [1.165, 1.54) is 4.90 Å². The quantitative estimate of drug-likeness (QED) is 0.849. The molecule has 126 valence electrons. The van der Waals surface area contributed by atoms with Gasteiger partial charge in [-0.25, -0.2) is 0 Å². The number of nitrogens with zero attached hydrogens (tertiary/aromatic N) is 1. The van der Waals surface area contributed by atoms with E-state index in [9.17, 15) is 13.2 Å². The molecule has 5 heteroatoms. The largest absolute Gasteiger partial charge is 0.401 e. The number of alkyl halides is 3. The molecular weight excluding hydrogens is 277 g/mol. The van der Waals surface area contributed by atoms with Crippen molar-refractivity contribution in [2.75, 3.05) is 13.1 Å². The van der Waals surface area contributed by atoms with Gasteiger partial charge in [0.25, 0.3) is 0 Å². The van der Waals surface area contributed by atoms with Gasteiger partial charge in [-0.1, -0.05) is 20.8 Å². The second-order valence-corrected chi connectivity index (χ2v) is 7.94. The monoisotopic (exact) mass is 308 g/mol. The number of nitrogens with two attached hydrogens (primary N) is 1. The zero-order valence-corrected chi connectivity index (χ0v) is 14.0. The molecule has 0 aromatic carbocycles. The average molecular weight is 308 g/mol. The Kier molecular flexibility index (Phi) is 6.13. The van der Waals surface area contributed by atoms with Crippen LogP contribution in [0, 0.1) is 17.3 Å². The van der Waals surface area contributed by atoms with E-state index in [4.69, 9.17) is 5.73 Å². The molecule has 0 spiro atoms. The molecule has 3 atom stereocenters. The van der Waals surface area contributed by atoms with Crippen LogP contribution in [-0.4, -0.2) is 36.2 Å². The molecule has 1 fully saturated rings. The predicted octanol–water partition coefficient (Wildman–Crippen LogP) is 4.05. The van der Waals surface area contributed by atoms with E-state index >= 15 is 0 Å². The van der Waals surface area contributed by atoms with Gasteiger partial charge >= 0.3 is 6.18 Å². The van der Waals surface area contributed by atoms with Crippen molar-refractivity contribution in [3.8, 4) is 0 Å². The normalized spacial score (nSPS) is 28.4. The van der Waals surface area contributed by atoms with Gasteiger partial charge in [-0.2, -0.15) is 13.2 Å². The minimum absolute atomic E-state index is 0.0260. The standard InChI is InChI=1S/C16H31F3N2/c1-11(2)21(10-16(17,18)19)9-12-8-13(15(3,4)5)6-7-14(12)20/h11-14H,6-10,20H2,1-5H3. The third kappa shape index (κ3) is 6.15. The Morgan fingerprint density at radius 2 is 1.71 bits per heavy atom. The van der Waals surface area contributed by atoms with Gasteiger partial charge in [0.1, 0.15) is 0 Å². The Bertz CT molecular complexity index is 320. The zero-order valence-electron chi connectivity index (χ0n) is 14.0. The molecule has 0 amide bonds. The number of hydrogen-bond acceptors (Lipinski definition) is 2. The van der Waals surface area contributed by atoms with Gasteiger partial charge in [0.2, 0.25) is 0 Å². The lowest BCUT2D eigenvalue weighted by Gasteiger charge is -2.43. The first-order valence-corrected chi connectivity index (χ1v) is 7.96. The molecule has 0 radical (unpaired) electrons. The van der Waals surface area contributed by atoms with Crippen LogP contribution in [0.25, 0.3) is 0 Å². The van der Waals surface area contributed by atoms with E-state index in [1.807, 2.05) is 13.8 Å². The van der Waals surface area contributed by atoms with Gasteiger partial charge in [-0.3, -0.25) is 4.90 Å². The zero-order chi connectivity index (χ0) is 16.4. The van der Waals surface area contributed by atoms with Gasteiger partial charge in [0.15, 0.2) is 0 Å². The minimum Gasteiger partial charge on any atom is -0.327 e. The van der Waals surface area contributed by atoms with Crippen LogP contribution in [0.2, 0.25) is 0 Å². The first-order valence-electron chi connectivity index (χ1n) is 7.96. The summed E-state index contributed by atoms with van der Waals surface area (Å²) < 4.78 is 38.1. The smallest absolute Gasteiger partial charge is 0.327 e. The van der Waals surface area contributed by atoms with Gasteiger partial charge in [0.05, 0.1) is 6.54 Å². The SMILES string of the molecule is CC(C)N(CC1CC(C(C)(C)C)CCC1N)CC(F)(F)F. The van der Waals surface area contributed by atoms with Gasteiger partial charge in [-0.15, -0.1) is 0 Å². The third-order valence-corrected chi connectivity index (χ3v) is 4.85. The fraction of sp³-hybridized carbons (Fsp3) is 1.00. The lowest BCUT2D eigenvalue weighted by molar-refractivity contribution is -0.151. The van der Waals surface area contributed by atoms with Crippen molar-refractivity contribution >= 4 is 0 Å². The van der Waals surface area contributed by atoms with Crippen LogP contribution in [0.1, 0.15) is 53.9 Å². The first kappa shape index (κ1) is 18.8. The minimum atomic E-state index is -4.15. The number of halogens is 3. The van der Waals surface area contributed by atoms with E-state index in [1.54, 1.807) is 0 Å².